The number of carbonyl (C=O) groups is 1. The Labute approximate surface area is 130 Å². The number of halogens is 1. The van der Waals surface area contributed by atoms with E-state index >= 15 is 0 Å². The third kappa shape index (κ3) is 4.50. The van der Waals surface area contributed by atoms with Crippen LogP contribution in [0, 0.1) is 13.8 Å². The summed E-state index contributed by atoms with van der Waals surface area (Å²) in [5.41, 5.74) is 4.05. The van der Waals surface area contributed by atoms with Gasteiger partial charge in [-0.2, -0.15) is 0 Å². The minimum absolute atomic E-state index is 0.0897. The molecule has 0 saturated heterocycles. The molecule has 2 N–H and O–H groups in total. The summed E-state index contributed by atoms with van der Waals surface area (Å²) >= 11 is 5.86. The molecular formula is C17H19ClN2O. The molecule has 0 aliphatic heterocycles. The number of aryl methyl sites for hydroxylation is 2. The van der Waals surface area contributed by atoms with Gasteiger partial charge in [0.15, 0.2) is 0 Å². The molecule has 21 heavy (non-hydrogen) atoms. The van der Waals surface area contributed by atoms with Crippen LogP contribution in [-0.4, -0.2) is 6.03 Å². The molecule has 2 amide bonds. The number of rotatable bonds is 3. The number of anilines is 1. The molecule has 1 atom stereocenters. The van der Waals surface area contributed by atoms with Gasteiger partial charge >= 0.3 is 6.03 Å². The summed E-state index contributed by atoms with van der Waals surface area (Å²) in [5.74, 6) is 0. The normalized spacial score (nSPS) is 11.8. The van der Waals surface area contributed by atoms with E-state index in [1.165, 1.54) is 0 Å². The van der Waals surface area contributed by atoms with E-state index in [2.05, 4.69) is 16.7 Å². The molecule has 2 rings (SSSR count). The van der Waals surface area contributed by atoms with Gasteiger partial charge in [-0.15, -0.1) is 0 Å². The molecule has 0 aliphatic carbocycles. The van der Waals surface area contributed by atoms with Crippen LogP contribution in [0.5, 0.6) is 0 Å². The summed E-state index contributed by atoms with van der Waals surface area (Å²) in [5, 5.41) is 6.46. The minimum atomic E-state index is -0.220. The van der Waals surface area contributed by atoms with Gasteiger partial charge in [-0.25, -0.2) is 4.79 Å². The molecule has 0 aromatic heterocycles. The smallest absolute Gasteiger partial charge is 0.319 e. The average Bonchev–Trinajstić information content (AvgIpc) is 2.37. The van der Waals surface area contributed by atoms with Gasteiger partial charge < -0.3 is 10.6 Å². The van der Waals surface area contributed by atoms with Crippen molar-refractivity contribution in [2.45, 2.75) is 26.8 Å². The second-order valence-corrected chi connectivity index (χ2v) is 5.68. The topological polar surface area (TPSA) is 41.1 Å². The van der Waals surface area contributed by atoms with Gasteiger partial charge in [-0.3, -0.25) is 0 Å². The van der Waals surface area contributed by atoms with Gasteiger partial charge in [-0.1, -0.05) is 29.8 Å². The summed E-state index contributed by atoms with van der Waals surface area (Å²) < 4.78 is 0. The van der Waals surface area contributed by atoms with E-state index in [9.17, 15) is 4.79 Å². The molecule has 0 heterocycles. The number of hydrogen-bond donors (Lipinski definition) is 2. The lowest BCUT2D eigenvalue weighted by atomic mass is 10.1. The van der Waals surface area contributed by atoms with Gasteiger partial charge in [0, 0.05) is 10.7 Å². The summed E-state index contributed by atoms with van der Waals surface area (Å²) in [6.45, 7) is 5.95. The van der Waals surface area contributed by atoms with Crippen LogP contribution < -0.4 is 10.6 Å². The Hall–Kier alpha value is -2.00. The van der Waals surface area contributed by atoms with Gasteiger partial charge in [0.1, 0.15) is 0 Å². The maximum atomic E-state index is 12.0. The van der Waals surface area contributed by atoms with Crippen LogP contribution in [0.3, 0.4) is 0 Å². The van der Waals surface area contributed by atoms with Crippen molar-refractivity contribution in [2.24, 2.45) is 0 Å². The summed E-state index contributed by atoms with van der Waals surface area (Å²) in [7, 11) is 0. The van der Waals surface area contributed by atoms with E-state index < -0.39 is 0 Å². The number of benzene rings is 2. The van der Waals surface area contributed by atoms with Crippen molar-refractivity contribution < 1.29 is 4.79 Å². The number of nitrogens with one attached hydrogen (secondary N) is 2. The van der Waals surface area contributed by atoms with Crippen molar-refractivity contribution in [1.82, 2.24) is 5.32 Å². The molecule has 2 aromatic rings. The molecule has 4 heteroatoms. The molecule has 0 bridgehead atoms. The Balaban J connectivity index is 1.99. The molecule has 0 radical (unpaired) electrons. The van der Waals surface area contributed by atoms with Crippen molar-refractivity contribution in [3.63, 3.8) is 0 Å². The molecule has 0 saturated carbocycles. The van der Waals surface area contributed by atoms with Crippen molar-refractivity contribution >= 4 is 23.3 Å². The fourth-order valence-electron chi connectivity index (χ4n) is 2.25. The van der Waals surface area contributed by atoms with Crippen LogP contribution in [0.25, 0.3) is 0 Å². The van der Waals surface area contributed by atoms with Gasteiger partial charge in [-0.05, 0) is 61.7 Å². The second kappa shape index (κ2) is 6.64. The lowest BCUT2D eigenvalue weighted by Gasteiger charge is -2.15. The van der Waals surface area contributed by atoms with E-state index in [1.807, 2.05) is 57.2 Å². The molecule has 110 valence electrons. The SMILES string of the molecule is Cc1cc(C)cc(NC(=O)NC(C)c2ccc(Cl)cc2)c1. The van der Waals surface area contributed by atoms with Crippen LogP contribution >= 0.6 is 11.6 Å². The Kier molecular flexibility index (Phi) is 4.86. The molecule has 2 aromatic carbocycles. The lowest BCUT2D eigenvalue weighted by Crippen LogP contribution is -2.31. The number of urea groups is 1. The predicted octanol–water partition coefficient (Wildman–Crippen LogP) is 4.84. The number of carbonyl (C=O) groups excluding carboxylic acids is 1. The fraction of sp³-hybridized carbons (Fsp3) is 0.235. The van der Waals surface area contributed by atoms with Crippen LogP contribution in [-0.2, 0) is 0 Å². The fourth-order valence-corrected chi connectivity index (χ4v) is 2.37. The van der Waals surface area contributed by atoms with Gasteiger partial charge in [0.05, 0.1) is 6.04 Å². The van der Waals surface area contributed by atoms with E-state index in [0.29, 0.717) is 5.02 Å². The van der Waals surface area contributed by atoms with Gasteiger partial charge in [0.25, 0.3) is 0 Å². The van der Waals surface area contributed by atoms with E-state index in [1.54, 1.807) is 0 Å². The minimum Gasteiger partial charge on any atom is -0.331 e. The first kappa shape index (κ1) is 15.4. The predicted molar refractivity (Wildman–Crippen MR) is 87.9 cm³/mol. The maximum absolute atomic E-state index is 12.0. The van der Waals surface area contributed by atoms with E-state index in [-0.39, 0.29) is 12.1 Å². The van der Waals surface area contributed by atoms with Crippen LogP contribution in [0.4, 0.5) is 10.5 Å². The van der Waals surface area contributed by atoms with Crippen molar-refractivity contribution in [3.8, 4) is 0 Å². The standard InChI is InChI=1S/C17H19ClN2O/c1-11-8-12(2)10-16(9-11)20-17(21)19-13(3)14-4-6-15(18)7-5-14/h4-10,13H,1-3H3,(H2,19,20,21). The first-order valence-corrected chi connectivity index (χ1v) is 7.23. The first-order chi connectivity index (χ1) is 9.94. The molecule has 3 nitrogen and oxygen atoms in total. The van der Waals surface area contributed by atoms with Crippen LogP contribution in [0.1, 0.15) is 29.7 Å². The summed E-state index contributed by atoms with van der Waals surface area (Å²) in [6.07, 6.45) is 0. The van der Waals surface area contributed by atoms with E-state index in [0.717, 1.165) is 22.4 Å². The van der Waals surface area contributed by atoms with Crippen molar-refractivity contribution in [1.29, 1.82) is 0 Å². The highest BCUT2D eigenvalue weighted by atomic mass is 35.5. The third-order valence-corrected chi connectivity index (χ3v) is 3.45. The zero-order chi connectivity index (χ0) is 15.4. The Morgan fingerprint density at radius 1 is 1.05 bits per heavy atom. The zero-order valence-electron chi connectivity index (χ0n) is 12.4. The molecule has 1 unspecified atom stereocenters. The number of amides is 2. The Morgan fingerprint density at radius 3 is 2.19 bits per heavy atom. The molecule has 0 fully saturated rings. The summed E-state index contributed by atoms with van der Waals surface area (Å²) in [4.78, 5) is 12.0. The monoisotopic (exact) mass is 302 g/mol. The highest BCUT2D eigenvalue weighted by Crippen LogP contribution is 2.17. The molecular weight excluding hydrogens is 284 g/mol. The summed E-state index contributed by atoms with van der Waals surface area (Å²) in [6, 6.07) is 13.1. The second-order valence-electron chi connectivity index (χ2n) is 5.25. The molecule has 0 spiro atoms. The lowest BCUT2D eigenvalue weighted by molar-refractivity contribution is 0.249. The van der Waals surface area contributed by atoms with Crippen LogP contribution in [0.15, 0.2) is 42.5 Å². The van der Waals surface area contributed by atoms with Gasteiger partial charge in [0.2, 0.25) is 0 Å². The number of hydrogen-bond acceptors (Lipinski definition) is 1. The molecule has 0 aliphatic rings. The highest BCUT2D eigenvalue weighted by Gasteiger charge is 2.09. The zero-order valence-corrected chi connectivity index (χ0v) is 13.2. The van der Waals surface area contributed by atoms with Crippen LogP contribution in [0.2, 0.25) is 5.02 Å². The Bertz CT molecular complexity index is 617. The Morgan fingerprint density at radius 2 is 1.62 bits per heavy atom. The van der Waals surface area contributed by atoms with E-state index in [4.69, 9.17) is 11.6 Å². The van der Waals surface area contributed by atoms with Crippen molar-refractivity contribution in [3.05, 3.63) is 64.2 Å². The quantitative estimate of drug-likeness (QED) is 0.837. The maximum Gasteiger partial charge on any atom is 0.319 e. The first-order valence-electron chi connectivity index (χ1n) is 6.85. The highest BCUT2D eigenvalue weighted by molar-refractivity contribution is 6.30. The largest absolute Gasteiger partial charge is 0.331 e. The van der Waals surface area contributed by atoms with Crippen molar-refractivity contribution in [2.75, 3.05) is 5.32 Å². The average molecular weight is 303 g/mol. The third-order valence-electron chi connectivity index (χ3n) is 3.20.